The van der Waals surface area contributed by atoms with Gasteiger partial charge in [-0.1, -0.05) is 12.1 Å². The molecule has 6 heteroatoms. The second-order valence-corrected chi connectivity index (χ2v) is 4.56. The third-order valence-electron chi connectivity index (χ3n) is 2.53. The number of rotatable bonds is 2. The molecule has 1 aromatic carbocycles. The van der Waals surface area contributed by atoms with Crippen molar-refractivity contribution in [3.8, 4) is 17.4 Å². The highest BCUT2D eigenvalue weighted by molar-refractivity contribution is 7.17. The molecular weight excluding hydrogens is 248 g/mol. The molecule has 3 aromatic rings. The van der Waals surface area contributed by atoms with Crippen LogP contribution in [0, 0.1) is 0 Å². The van der Waals surface area contributed by atoms with Crippen molar-refractivity contribution in [2.24, 2.45) is 0 Å². The summed E-state index contributed by atoms with van der Waals surface area (Å²) in [6.45, 7) is 0. The van der Waals surface area contributed by atoms with Crippen LogP contribution in [0.5, 0.6) is 6.01 Å². The van der Waals surface area contributed by atoms with Gasteiger partial charge in [0.1, 0.15) is 0 Å². The van der Waals surface area contributed by atoms with Crippen LogP contribution < -0.4 is 10.5 Å². The van der Waals surface area contributed by atoms with E-state index in [0.717, 1.165) is 15.6 Å². The van der Waals surface area contributed by atoms with Crippen molar-refractivity contribution in [1.82, 2.24) is 15.0 Å². The van der Waals surface area contributed by atoms with Crippen molar-refractivity contribution in [2.45, 2.75) is 0 Å². The Hall–Kier alpha value is -2.21. The minimum atomic E-state index is 0.158. The quantitative estimate of drug-likeness (QED) is 0.763. The number of aromatic nitrogens is 3. The van der Waals surface area contributed by atoms with E-state index in [1.165, 1.54) is 7.11 Å². The molecule has 3 rings (SSSR count). The lowest BCUT2D eigenvalue weighted by molar-refractivity contribution is 0.379. The van der Waals surface area contributed by atoms with Gasteiger partial charge in [0, 0.05) is 10.3 Å². The van der Waals surface area contributed by atoms with Crippen LogP contribution in [-0.2, 0) is 0 Å². The highest BCUT2D eigenvalue weighted by Crippen LogP contribution is 2.31. The minimum absolute atomic E-state index is 0.158. The summed E-state index contributed by atoms with van der Waals surface area (Å²) in [5, 5.41) is 3.20. The fraction of sp³-hybridized carbons (Fsp3) is 0.0833. The van der Waals surface area contributed by atoms with E-state index in [1.807, 2.05) is 17.5 Å². The number of nitrogens with two attached hydrogens (primary N) is 1. The molecule has 0 aliphatic carbocycles. The number of benzene rings is 1. The monoisotopic (exact) mass is 258 g/mol. The summed E-state index contributed by atoms with van der Waals surface area (Å²) >= 11 is 1.65. The molecule has 0 bridgehead atoms. The molecule has 2 aromatic heterocycles. The maximum atomic E-state index is 5.65. The molecule has 0 aliphatic rings. The molecule has 0 radical (unpaired) electrons. The topological polar surface area (TPSA) is 73.9 Å². The van der Waals surface area contributed by atoms with Crippen molar-refractivity contribution in [3.63, 3.8) is 0 Å². The maximum Gasteiger partial charge on any atom is 0.321 e. The second kappa shape index (κ2) is 4.23. The van der Waals surface area contributed by atoms with E-state index in [9.17, 15) is 0 Å². The number of fused-ring (bicyclic) bond motifs is 1. The SMILES string of the molecule is COc1nc(N)nc(-c2cccc3ccsc23)n1. The normalized spacial score (nSPS) is 10.7. The van der Waals surface area contributed by atoms with E-state index in [2.05, 4.69) is 27.1 Å². The van der Waals surface area contributed by atoms with Crippen LogP contribution in [0.25, 0.3) is 21.5 Å². The summed E-state index contributed by atoms with van der Waals surface area (Å²) in [6.07, 6.45) is 0. The van der Waals surface area contributed by atoms with Crippen LogP contribution in [-0.4, -0.2) is 22.1 Å². The first-order valence-electron chi connectivity index (χ1n) is 5.30. The molecule has 0 fully saturated rings. The Balaban J connectivity index is 2.25. The molecule has 0 spiro atoms. The summed E-state index contributed by atoms with van der Waals surface area (Å²) in [5.41, 5.74) is 6.59. The summed E-state index contributed by atoms with van der Waals surface area (Å²) in [4.78, 5) is 12.3. The lowest BCUT2D eigenvalue weighted by atomic mass is 10.1. The van der Waals surface area contributed by atoms with Gasteiger partial charge in [-0.05, 0) is 22.9 Å². The zero-order valence-electron chi connectivity index (χ0n) is 9.62. The van der Waals surface area contributed by atoms with Gasteiger partial charge in [-0.3, -0.25) is 0 Å². The van der Waals surface area contributed by atoms with Gasteiger partial charge in [-0.15, -0.1) is 11.3 Å². The van der Waals surface area contributed by atoms with Crippen LogP contribution in [0.2, 0.25) is 0 Å². The average Bonchev–Trinajstić information content (AvgIpc) is 2.85. The van der Waals surface area contributed by atoms with Gasteiger partial charge in [0.15, 0.2) is 5.82 Å². The molecule has 0 saturated carbocycles. The Bertz CT molecular complexity index is 710. The van der Waals surface area contributed by atoms with E-state index in [4.69, 9.17) is 10.5 Å². The molecule has 2 heterocycles. The highest BCUT2D eigenvalue weighted by atomic mass is 32.1. The number of anilines is 1. The molecule has 18 heavy (non-hydrogen) atoms. The van der Waals surface area contributed by atoms with Gasteiger partial charge < -0.3 is 10.5 Å². The summed E-state index contributed by atoms with van der Waals surface area (Å²) in [7, 11) is 1.50. The second-order valence-electron chi connectivity index (χ2n) is 3.65. The number of nitrogens with zero attached hydrogens (tertiary/aromatic N) is 3. The smallest absolute Gasteiger partial charge is 0.321 e. The molecular formula is C12H10N4OS. The first-order valence-corrected chi connectivity index (χ1v) is 6.18. The average molecular weight is 258 g/mol. The fourth-order valence-corrected chi connectivity index (χ4v) is 2.66. The van der Waals surface area contributed by atoms with E-state index < -0.39 is 0 Å². The summed E-state index contributed by atoms with van der Waals surface area (Å²) in [5.74, 6) is 0.692. The van der Waals surface area contributed by atoms with Gasteiger partial charge in [0.2, 0.25) is 5.95 Å². The maximum absolute atomic E-state index is 5.65. The summed E-state index contributed by atoms with van der Waals surface area (Å²) < 4.78 is 6.14. The van der Waals surface area contributed by atoms with Gasteiger partial charge in [-0.2, -0.15) is 15.0 Å². The van der Waals surface area contributed by atoms with E-state index in [0.29, 0.717) is 5.82 Å². The number of ether oxygens (including phenoxy) is 1. The molecule has 2 N–H and O–H groups in total. The Labute approximate surface area is 107 Å². The van der Waals surface area contributed by atoms with E-state index in [1.54, 1.807) is 11.3 Å². The Morgan fingerprint density at radius 3 is 2.89 bits per heavy atom. The van der Waals surface area contributed by atoms with Crippen LogP contribution in [0.1, 0.15) is 0 Å². The predicted octanol–water partition coefficient (Wildman–Crippen LogP) is 2.34. The first kappa shape index (κ1) is 10.9. The largest absolute Gasteiger partial charge is 0.467 e. The van der Waals surface area contributed by atoms with Crippen LogP contribution in [0.4, 0.5) is 5.95 Å². The highest BCUT2D eigenvalue weighted by Gasteiger charge is 2.10. The molecule has 5 nitrogen and oxygen atoms in total. The zero-order chi connectivity index (χ0) is 12.5. The number of nitrogen functional groups attached to an aromatic ring is 1. The van der Waals surface area contributed by atoms with Crippen molar-refractivity contribution >= 4 is 27.4 Å². The molecule has 0 amide bonds. The Kier molecular flexibility index (Phi) is 2.56. The van der Waals surface area contributed by atoms with Crippen molar-refractivity contribution in [1.29, 1.82) is 0 Å². The fourth-order valence-electron chi connectivity index (χ4n) is 1.75. The van der Waals surface area contributed by atoms with Gasteiger partial charge in [-0.25, -0.2) is 0 Å². The van der Waals surface area contributed by atoms with E-state index in [-0.39, 0.29) is 12.0 Å². The Morgan fingerprint density at radius 2 is 2.06 bits per heavy atom. The van der Waals surface area contributed by atoms with Gasteiger partial charge in [0.05, 0.1) is 7.11 Å². The number of hydrogen-bond acceptors (Lipinski definition) is 6. The Morgan fingerprint density at radius 1 is 1.17 bits per heavy atom. The van der Waals surface area contributed by atoms with Crippen molar-refractivity contribution < 1.29 is 4.74 Å². The predicted molar refractivity (Wildman–Crippen MR) is 71.6 cm³/mol. The van der Waals surface area contributed by atoms with Crippen LogP contribution >= 0.6 is 11.3 Å². The third kappa shape index (κ3) is 1.76. The summed E-state index contributed by atoms with van der Waals surface area (Å²) in [6, 6.07) is 8.28. The molecule has 0 atom stereocenters. The van der Waals surface area contributed by atoms with Crippen LogP contribution in [0.15, 0.2) is 29.6 Å². The lowest BCUT2D eigenvalue weighted by Crippen LogP contribution is -2.02. The van der Waals surface area contributed by atoms with E-state index >= 15 is 0 Å². The lowest BCUT2D eigenvalue weighted by Gasteiger charge is -2.04. The third-order valence-corrected chi connectivity index (χ3v) is 3.50. The number of methoxy groups -OCH3 is 1. The molecule has 0 unspecified atom stereocenters. The molecule has 0 saturated heterocycles. The molecule has 90 valence electrons. The molecule has 0 aliphatic heterocycles. The first-order chi connectivity index (χ1) is 8.78. The zero-order valence-corrected chi connectivity index (χ0v) is 10.4. The minimum Gasteiger partial charge on any atom is -0.467 e. The number of hydrogen-bond donors (Lipinski definition) is 1. The standard InChI is InChI=1S/C12H10N4OS/c1-17-12-15-10(14-11(13)16-12)8-4-2-3-7-5-6-18-9(7)8/h2-6H,1H3,(H2,13,14,15,16). The van der Waals surface area contributed by atoms with Crippen LogP contribution in [0.3, 0.4) is 0 Å². The van der Waals surface area contributed by atoms with Gasteiger partial charge >= 0.3 is 6.01 Å². The van der Waals surface area contributed by atoms with Gasteiger partial charge in [0.25, 0.3) is 0 Å². The number of thiophene rings is 1. The van der Waals surface area contributed by atoms with Crippen molar-refractivity contribution in [3.05, 3.63) is 29.6 Å². The van der Waals surface area contributed by atoms with Crippen molar-refractivity contribution in [2.75, 3.05) is 12.8 Å².